The Hall–Kier alpha value is -3.54. The van der Waals surface area contributed by atoms with Crippen molar-refractivity contribution in [2.24, 2.45) is 5.10 Å². The van der Waals surface area contributed by atoms with E-state index in [9.17, 15) is 14.9 Å². The van der Waals surface area contributed by atoms with Gasteiger partial charge in [-0.25, -0.2) is 5.43 Å². The van der Waals surface area contributed by atoms with Gasteiger partial charge in [0.1, 0.15) is 12.2 Å². The number of carbonyl (C=O) groups excluding carboxylic acids is 1. The van der Waals surface area contributed by atoms with Gasteiger partial charge in [-0.3, -0.25) is 14.9 Å². The van der Waals surface area contributed by atoms with Crippen molar-refractivity contribution < 1.29 is 18.9 Å². The van der Waals surface area contributed by atoms with E-state index in [1.54, 1.807) is 0 Å². The highest BCUT2D eigenvalue weighted by Crippen LogP contribution is 2.33. The first-order valence-corrected chi connectivity index (χ1v) is 8.71. The largest absolute Gasteiger partial charge is 0.478 e. The Morgan fingerprint density at radius 2 is 2.03 bits per heavy atom. The number of furan rings is 1. The molecule has 0 atom stereocenters. The Morgan fingerprint density at radius 1 is 1.31 bits per heavy atom. The molecule has 29 heavy (non-hydrogen) atoms. The minimum absolute atomic E-state index is 0.0175. The molecule has 3 aromatic rings. The van der Waals surface area contributed by atoms with Crippen LogP contribution in [0.5, 0.6) is 5.75 Å². The van der Waals surface area contributed by atoms with Gasteiger partial charge in [-0.05, 0) is 29.8 Å². The van der Waals surface area contributed by atoms with Crippen LogP contribution in [0.3, 0.4) is 0 Å². The first kappa shape index (κ1) is 20.2. The van der Waals surface area contributed by atoms with E-state index in [0.29, 0.717) is 16.5 Å². The third-order valence-electron chi connectivity index (χ3n) is 3.63. The van der Waals surface area contributed by atoms with Gasteiger partial charge >= 0.3 is 5.91 Å². The molecule has 146 valence electrons. The van der Waals surface area contributed by atoms with Crippen molar-refractivity contribution in [1.29, 1.82) is 0 Å². The lowest BCUT2D eigenvalue weighted by molar-refractivity contribution is -0.384. The van der Waals surface area contributed by atoms with Crippen LogP contribution in [0, 0.1) is 22.5 Å². The fraction of sp³-hybridized carbons (Fsp3) is 0.0526. The zero-order chi connectivity index (χ0) is 21.0. The van der Waals surface area contributed by atoms with E-state index in [1.807, 2.05) is 0 Å². The molecule has 1 amide bonds. The van der Waals surface area contributed by atoms with Gasteiger partial charge < -0.3 is 9.15 Å². The number of nitrogens with zero attached hydrogens (tertiary/aromatic N) is 2. The third-order valence-corrected chi connectivity index (χ3v) is 4.20. The average Bonchev–Trinajstić information content (AvgIpc) is 3.10. The number of nitrogens with one attached hydrogen (secondary N) is 1. The zero-order valence-electron chi connectivity index (χ0n) is 14.5. The number of non-ortho nitro benzene ring substituents is 1. The molecule has 3 rings (SSSR count). The van der Waals surface area contributed by atoms with Crippen molar-refractivity contribution in [3.8, 4) is 18.1 Å². The molecule has 0 aliphatic carbocycles. The average molecular weight is 432 g/mol. The minimum atomic E-state index is -0.633. The van der Waals surface area contributed by atoms with Crippen molar-refractivity contribution >= 4 is 52.0 Å². The Labute approximate surface area is 174 Å². The van der Waals surface area contributed by atoms with Crippen LogP contribution in [-0.2, 0) is 0 Å². The number of amides is 1. The van der Waals surface area contributed by atoms with Gasteiger partial charge in [-0.1, -0.05) is 29.1 Å². The lowest BCUT2D eigenvalue weighted by atomic mass is 10.2. The Bertz CT molecular complexity index is 1160. The number of hydrogen-bond acceptors (Lipinski definition) is 6. The number of nitro groups is 1. The molecule has 0 aliphatic heterocycles. The molecule has 0 unspecified atom stereocenters. The summed E-state index contributed by atoms with van der Waals surface area (Å²) >= 11 is 12.2. The highest BCUT2D eigenvalue weighted by molar-refractivity contribution is 6.37. The summed E-state index contributed by atoms with van der Waals surface area (Å²) < 4.78 is 10.6. The Balaban J connectivity index is 1.72. The molecule has 0 fully saturated rings. The van der Waals surface area contributed by atoms with Crippen LogP contribution in [0.2, 0.25) is 10.0 Å². The number of terminal acetylenes is 1. The fourth-order valence-electron chi connectivity index (χ4n) is 2.38. The highest BCUT2D eigenvalue weighted by Gasteiger charge is 2.15. The smallest absolute Gasteiger partial charge is 0.307 e. The van der Waals surface area contributed by atoms with Gasteiger partial charge in [-0.15, -0.1) is 6.42 Å². The van der Waals surface area contributed by atoms with Crippen LogP contribution in [0.15, 0.2) is 45.9 Å². The monoisotopic (exact) mass is 431 g/mol. The number of carbonyl (C=O) groups is 1. The Morgan fingerprint density at radius 3 is 2.69 bits per heavy atom. The lowest BCUT2D eigenvalue weighted by Crippen LogP contribution is -2.16. The second-order valence-electron chi connectivity index (χ2n) is 5.60. The summed E-state index contributed by atoms with van der Waals surface area (Å²) in [7, 11) is 0. The van der Waals surface area contributed by atoms with Gasteiger partial charge in [0.25, 0.3) is 5.69 Å². The quantitative estimate of drug-likeness (QED) is 0.269. The van der Waals surface area contributed by atoms with Crippen molar-refractivity contribution in [1.82, 2.24) is 5.43 Å². The SMILES string of the molecule is C#CCOc1c(Cl)cc(/C=N\NC(=O)c2cc3cc([N+](=O)[O-])ccc3o2)cc1Cl. The first-order chi connectivity index (χ1) is 13.9. The molecule has 0 radical (unpaired) electrons. The normalized spacial score (nSPS) is 10.8. The topological polar surface area (TPSA) is 107 Å². The second kappa shape index (κ2) is 8.65. The lowest BCUT2D eigenvalue weighted by Gasteiger charge is -2.08. The van der Waals surface area contributed by atoms with Crippen LogP contribution < -0.4 is 10.2 Å². The maximum atomic E-state index is 12.2. The number of hydrogen-bond donors (Lipinski definition) is 1. The number of benzene rings is 2. The molecule has 1 aromatic heterocycles. The predicted molar refractivity (Wildman–Crippen MR) is 109 cm³/mol. The molecule has 0 saturated heterocycles. The van der Waals surface area contributed by atoms with E-state index in [4.69, 9.17) is 38.8 Å². The van der Waals surface area contributed by atoms with Crippen LogP contribution in [0.25, 0.3) is 11.0 Å². The molecular formula is C19H11Cl2N3O5. The summed E-state index contributed by atoms with van der Waals surface area (Å²) in [6.45, 7) is 0.0175. The van der Waals surface area contributed by atoms with Crippen molar-refractivity contribution in [2.45, 2.75) is 0 Å². The first-order valence-electron chi connectivity index (χ1n) is 7.95. The number of nitro benzene ring substituents is 1. The highest BCUT2D eigenvalue weighted by atomic mass is 35.5. The van der Waals surface area contributed by atoms with E-state index >= 15 is 0 Å². The molecule has 1 N–H and O–H groups in total. The predicted octanol–water partition coefficient (Wildman–Crippen LogP) is 4.42. The minimum Gasteiger partial charge on any atom is -0.478 e. The number of hydrazone groups is 1. The summed E-state index contributed by atoms with van der Waals surface area (Å²) in [5.41, 5.74) is 3.03. The van der Waals surface area contributed by atoms with Crippen molar-refractivity contribution in [3.63, 3.8) is 0 Å². The van der Waals surface area contributed by atoms with E-state index < -0.39 is 10.8 Å². The standard InChI is InChI=1S/C19H11Cl2N3O5/c1-2-5-28-18-14(20)6-11(7-15(18)21)10-22-23-19(25)17-9-12-8-13(24(26)27)3-4-16(12)29-17/h1,3-4,6-10H,5H2,(H,23,25)/b22-10-. The molecule has 0 saturated carbocycles. The number of rotatable bonds is 6. The van der Waals surface area contributed by atoms with Crippen molar-refractivity contribution in [2.75, 3.05) is 6.61 Å². The molecule has 10 heteroatoms. The zero-order valence-corrected chi connectivity index (χ0v) is 16.0. The molecular weight excluding hydrogens is 421 g/mol. The van der Waals surface area contributed by atoms with E-state index in [2.05, 4.69) is 16.4 Å². The second-order valence-corrected chi connectivity index (χ2v) is 6.41. The molecule has 1 heterocycles. The maximum Gasteiger partial charge on any atom is 0.307 e. The van der Waals surface area contributed by atoms with Crippen LogP contribution in [0.4, 0.5) is 5.69 Å². The van der Waals surface area contributed by atoms with Crippen LogP contribution in [0.1, 0.15) is 16.1 Å². The Kier molecular flexibility index (Phi) is 6.02. The molecule has 0 spiro atoms. The van der Waals surface area contributed by atoms with Crippen molar-refractivity contribution in [3.05, 3.63) is 67.9 Å². The van der Waals surface area contributed by atoms with Gasteiger partial charge in [0, 0.05) is 17.5 Å². The van der Waals surface area contributed by atoms with Gasteiger partial charge in [0.05, 0.1) is 21.2 Å². The van der Waals surface area contributed by atoms with E-state index in [-0.39, 0.29) is 33.8 Å². The maximum absolute atomic E-state index is 12.2. The number of halogens is 2. The molecule has 0 aliphatic rings. The third kappa shape index (κ3) is 4.66. The molecule has 8 nitrogen and oxygen atoms in total. The van der Waals surface area contributed by atoms with E-state index in [1.165, 1.54) is 42.6 Å². The van der Waals surface area contributed by atoms with Crippen LogP contribution in [-0.4, -0.2) is 23.7 Å². The summed E-state index contributed by atoms with van der Waals surface area (Å²) in [5.74, 6) is 1.88. The number of ether oxygens (including phenoxy) is 1. The van der Waals surface area contributed by atoms with Crippen LogP contribution >= 0.6 is 23.2 Å². The summed E-state index contributed by atoms with van der Waals surface area (Å²) in [6.07, 6.45) is 6.46. The summed E-state index contributed by atoms with van der Waals surface area (Å²) in [5, 5.41) is 15.5. The van der Waals surface area contributed by atoms with Gasteiger partial charge in [0.2, 0.25) is 0 Å². The molecule has 0 bridgehead atoms. The number of fused-ring (bicyclic) bond motifs is 1. The summed E-state index contributed by atoms with van der Waals surface area (Å²) in [4.78, 5) is 22.5. The van der Waals surface area contributed by atoms with Gasteiger partial charge in [-0.2, -0.15) is 5.10 Å². The fourth-order valence-corrected chi connectivity index (χ4v) is 3.00. The summed E-state index contributed by atoms with van der Waals surface area (Å²) in [6, 6.07) is 8.48. The molecule has 2 aromatic carbocycles. The van der Waals surface area contributed by atoms with Gasteiger partial charge in [0.15, 0.2) is 11.5 Å². The van der Waals surface area contributed by atoms with E-state index in [0.717, 1.165) is 0 Å².